The number of nitrogen functional groups attached to an aromatic ring is 1. The molecular formula is C13H13ClFN5. The summed E-state index contributed by atoms with van der Waals surface area (Å²) in [5.74, 6) is -0.264. The SMILES string of the molecule is CCn1nc(C)c2nc(N)n(-c3c(F)cccc3Cl)c21. The average Bonchev–Trinajstić information content (AvgIpc) is 2.88. The second-order valence-corrected chi connectivity index (χ2v) is 4.86. The molecule has 0 aliphatic heterocycles. The summed E-state index contributed by atoms with van der Waals surface area (Å²) in [5.41, 5.74) is 8.20. The Morgan fingerprint density at radius 2 is 2.15 bits per heavy atom. The van der Waals surface area contributed by atoms with E-state index in [1.165, 1.54) is 10.6 Å². The van der Waals surface area contributed by atoms with E-state index in [1.807, 2.05) is 13.8 Å². The van der Waals surface area contributed by atoms with Crippen molar-refractivity contribution >= 4 is 28.7 Å². The molecule has 2 aromatic heterocycles. The predicted octanol–water partition coefficient (Wildman–Crippen LogP) is 2.93. The number of aryl methyl sites for hydroxylation is 2. The van der Waals surface area contributed by atoms with E-state index in [2.05, 4.69) is 10.1 Å². The van der Waals surface area contributed by atoms with Crippen molar-refractivity contribution in [2.75, 3.05) is 5.73 Å². The number of halogens is 2. The molecule has 0 atom stereocenters. The van der Waals surface area contributed by atoms with Gasteiger partial charge in [-0.3, -0.25) is 4.57 Å². The Labute approximate surface area is 119 Å². The first kappa shape index (κ1) is 12.9. The molecule has 0 aliphatic rings. The van der Waals surface area contributed by atoms with Crippen LogP contribution in [-0.4, -0.2) is 19.3 Å². The Hall–Kier alpha value is -2.08. The molecule has 0 amide bonds. The molecule has 0 spiro atoms. The third-order valence-electron chi connectivity index (χ3n) is 3.20. The predicted molar refractivity (Wildman–Crippen MR) is 76.6 cm³/mol. The third-order valence-corrected chi connectivity index (χ3v) is 3.50. The summed E-state index contributed by atoms with van der Waals surface area (Å²) < 4.78 is 17.4. The van der Waals surface area contributed by atoms with Crippen LogP contribution in [-0.2, 0) is 6.54 Å². The third kappa shape index (κ3) is 1.68. The van der Waals surface area contributed by atoms with E-state index in [0.717, 1.165) is 5.69 Å². The van der Waals surface area contributed by atoms with Crippen molar-refractivity contribution in [1.82, 2.24) is 19.3 Å². The fourth-order valence-electron chi connectivity index (χ4n) is 2.33. The van der Waals surface area contributed by atoms with E-state index in [9.17, 15) is 4.39 Å². The molecule has 0 bridgehead atoms. The molecule has 3 rings (SSSR count). The van der Waals surface area contributed by atoms with Crippen LogP contribution in [0.2, 0.25) is 5.02 Å². The van der Waals surface area contributed by atoms with Crippen LogP contribution in [0.25, 0.3) is 16.9 Å². The highest BCUT2D eigenvalue weighted by Gasteiger charge is 2.21. The molecular weight excluding hydrogens is 281 g/mol. The van der Waals surface area contributed by atoms with E-state index in [0.29, 0.717) is 17.7 Å². The van der Waals surface area contributed by atoms with Crippen LogP contribution in [0.3, 0.4) is 0 Å². The Bertz CT molecular complexity index is 785. The number of hydrogen-bond acceptors (Lipinski definition) is 3. The van der Waals surface area contributed by atoms with E-state index in [4.69, 9.17) is 17.3 Å². The number of aromatic nitrogens is 4. The smallest absolute Gasteiger partial charge is 0.207 e. The lowest BCUT2D eigenvalue weighted by Crippen LogP contribution is -2.08. The van der Waals surface area contributed by atoms with Gasteiger partial charge in [0.2, 0.25) is 5.95 Å². The number of imidazole rings is 1. The number of fused-ring (bicyclic) bond motifs is 1. The maximum absolute atomic E-state index is 14.1. The van der Waals surface area contributed by atoms with Crippen LogP contribution in [0.4, 0.5) is 10.3 Å². The van der Waals surface area contributed by atoms with Gasteiger partial charge >= 0.3 is 0 Å². The number of hydrogen-bond donors (Lipinski definition) is 1. The summed E-state index contributed by atoms with van der Waals surface area (Å²) in [6, 6.07) is 4.50. The molecule has 5 nitrogen and oxygen atoms in total. The van der Waals surface area contributed by atoms with Crippen molar-refractivity contribution in [3.8, 4) is 5.69 Å². The second kappa shape index (κ2) is 4.49. The topological polar surface area (TPSA) is 61.7 Å². The summed E-state index contributed by atoms with van der Waals surface area (Å²) in [6.45, 7) is 4.41. The average molecular weight is 294 g/mol. The van der Waals surface area contributed by atoms with Crippen molar-refractivity contribution in [2.24, 2.45) is 0 Å². The Morgan fingerprint density at radius 1 is 1.40 bits per heavy atom. The van der Waals surface area contributed by atoms with E-state index >= 15 is 0 Å². The standard InChI is InChI=1S/C13H13ClFN5/c1-3-19-12-10(7(2)18-19)17-13(16)20(12)11-8(14)5-4-6-9(11)15/h4-6H,3H2,1-2H3,(H2,16,17). The summed E-state index contributed by atoms with van der Waals surface area (Å²) >= 11 is 6.12. The summed E-state index contributed by atoms with van der Waals surface area (Å²) in [4.78, 5) is 4.27. The monoisotopic (exact) mass is 293 g/mol. The van der Waals surface area contributed by atoms with Gasteiger partial charge in [0.1, 0.15) is 17.0 Å². The van der Waals surface area contributed by atoms with Crippen LogP contribution < -0.4 is 5.73 Å². The molecule has 0 saturated carbocycles. The summed E-state index contributed by atoms with van der Waals surface area (Å²) in [5, 5.41) is 4.64. The van der Waals surface area contributed by atoms with E-state index in [-0.39, 0.29) is 16.7 Å². The fourth-order valence-corrected chi connectivity index (χ4v) is 2.58. The highest BCUT2D eigenvalue weighted by molar-refractivity contribution is 6.32. The Morgan fingerprint density at radius 3 is 2.80 bits per heavy atom. The van der Waals surface area contributed by atoms with Gasteiger partial charge < -0.3 is 5.73 Å². The number of nitrogens with zero attached hydrogens (tertiary/aromatic N) is 4. The van der Waals surface area contributed by atoms with Gasteiger partial charge in [0.05, 0.1) is 10.7 Å². The zero-order chi connectivity index (χ0) is 14.4. The molecule has 0 fully saturated rings. The number of anilines is 1. The van der Waals surface area contributed by atoms with Gasteiger partial charge in [0.15, 0.2) is 5.65 Å². The first-order chi connectivity index (χ1) is 9.54. The lowest BCUT2D eigenvalue weighted by Gasteiger charge is -2.10. The highest BCUT2D eigenvalue weighted by atomic mass is 35.5. The van der Waals surface area contributed by atoms with Crippen molar-refractivity contribution in [3.05, 3.63) is 34.7 Å². The first-order valence-electron chi connectivity index (χ1n) is 6.20. The Kier molecular flexibility index (Phi) is 2.90. The lowest BCUT2D eigenvalue weighted by molar-refractivity contribution is 0.615. The summed E-state index contributed by atoms with van der Waals surface area (Å²) in [7, 11) is 0. The molecule has 1 aromatic carbocycles. The van der Waals surface area contributed by atoms with Crippen LogP contribution in [0, 0.1) is 12.7 Å². The quantitative estimate of drug-likeness (QED) is 0.790. The van der Waals surface area contributed by atoms with Gasteiger partial charge in [0, 0.05) is 6.54 Å². The van der Waals surface area contributed by atoms with Crippen molar-refractivity contribution in [1.29, 1.82) is 0 Å². The molecule has 0 saturated heterocycles. The van der Waals surface area contributed by atoms with Gasteiger partial charge in [-0.25, -0.2) is 14.1 Å². The number of nitrogens with two attached hydrogens (primary N) is 1. The van der Waals surface area contributed by atoms with Crippen molar-refractivity contribution in [2.45, 2.75) is 20.4 Å². The maximum atomic E-state index is 14.1. The molecule has 2 heterocycles. The molecule has 104 valence electrons. The molecule has 2 N–H and O–H groups in total. The zero-order valence-corrected chi connectivity index (χ0v) is 11.8. The van der Waals surface area contributed by atoms with Gasteiger partial charge in [-0.15, -0.1) is 0 Å². The van der Waals surface area contributed by atoms with E-state index < -0.39 is 5.82 Å². The minimum absolute atomic E-state index is 0.190. The lowest BCUT2D eigenvalue weighted by atomic mass is 10.3. The van der Waals surface area contributed by atoms with Gasteiger partial charge in [-0.05, 0) is 26.0 Å². The van der Waals surface area contributed by atoms with E-state index in [1.54, 1.807) is 16.8 Å². The number of para-hydroxylation sites is 1. The molecule has 0 unspecified atom stereocenters. The van der Waals surface area contributed by atoms with Crippen LogP contribution in [0.5, 0.6) is 0 Å². The summed E-state index contributed by atoms with van der Waals surface area (Å²) in [6.07, 6.45) is 0. The normalized spacial score (nSPS) is 11.4. The van der Waals surface area contributed by atoms with Crippen LogP contribution in [0.1, 0.15) is 12.6 Å². The zero-order valence-electron chi connectivity index (χ0n) is 11.1. The minimum atomic E-state index is -0.454. The fraction of sp³-hybridized carbons (Fsp3) is 0.231. The number of benzene rings is 1. The van der Waals surface area contributed by atoms with Crippen molar-refractivity contribution in [3.63, 3.8) is 0 Å². The number of rotatable bonds is 2. The highest BCUT2D eigenvalue weighted by Crippen LogP contribution is 2.31. The maximum Gasteiger partial charge on any atom is 0.207 e. The molecule has 20 heavy (non-hydrogen) atoms. The molecule has 7 heteroatoms. The Balaban J connectivity index is 2.45. The largest absolute Gasteiger partial charge is 0.369 e. The minimum Gasteiger partial charge on any atom is -0.369 e. The molecule has 0 radical (unpaired) electrons. The second-order valence-electron chi connectivity index (χ2n) is 4.45. The van der Waals surface area contributed by atoms with Crippen LogP contribution in [0.15, 0.2) is 18.2 Å². The van der Waals surface area contributed by atoms with Gasteiger partial charge in [-0.1, -0.05) is 17.7 Å². The van der Waals surface area contributed by atoms with Crippen molar-refractivity contribution < 1.29 is 4.39 Å². The van der Waals surface area contributed by atoms with Gasteiger partial charge in [0.25, 0.3) is 0 Å². The van der Waals surface area contributed by atoms with Crippen LogP contribution >= 0.6 is 11.6 Å². The van der Waals surface area contributed by atoms with Gasteiger partial charge in [-0.2, -0.15) is 5.10 Å². The molecule has 3 aromatic rings. The molecule has 0 aliphatic carbocycles. The first-order valence-corrected chi connectivity index (χ1v) is 6.58.